The predicted molar refractivity (Wildman–Crippen MR) is 171 cm³/mol. The monoisotopic (exact) mass is 705 g/mol. The molecule has 0 heterocycles. The summed E-state index contributed by atoms with van der Waals surface area (Å²) >= 11 is 15.6. The fourth-order valence-corrected chi connectivity index (χ4v) is 6.20. The van der Waals surface area contributed by atoms with Crippen LogP contribution in [0.1, 0.15) is 11.1 Å². The first-order valence-electron chi connectivity index (χ1n) is 12.6. The summed E-state index contributed by atoms with van der Waals surface area (Å²) in [5, 5.41) is 4.89. The molecule has 0 unspecified atom stereocenters. The first-order valence-corrected chi connectivity index (χ1v) is 15.6. The van der Waals surface area contributed by atoms with E-state index in [1.54, 1.807) is 72.8 Å². The number of carbonyl (C=O) groups excluding carboxylic acids is 1. The lowest BCUT2D eigenvalue weighted by Crippen LogP contribution is -2.39. The largest absolute Gasteiger partial charge is 0.497 e. The van der Waals surface area contributed by atoms with Crippen LogP contribution in [0, 0.1) is 0 Å². The average molecular weight is 707 g/mol. The van der Waals surface area contributed by atoms with E-state index < -0.39 is 22.5 Å². The van der Waals surface area contributed by atoms with E-state index in [4.69, 9.17) is 37.4 Å². The van der Waals surface area contributed by atoms with Gasteiger partial charge in [-0.3, -0.25) is 9.10 Å². The van der Waals surface area contributed by atoms with Crippen molar-refractivity contribution in [3.63, 3.8) is 0 Å². The van der Waals surface area contributed by atoms with E-state index in [0.717, 1.165) is 9.87 Å². The van der Waals surface area contributed by atoms with Crippen molar-refractivity contribution in [1.82, 2.24) is 5.43 Å². The van der Waals surface area contributed by atoms with Crippen LogP contribution in [0.25, 0.3) is 0 Å². The van der Waals surface area contributed by atoms with Crippen LogP contribution in [0.3, 0.4) is 0 Å². The van der Waals surface area contributed by atoms with Gasteiger partial charge in [-0.2, -0.15) is 5.10 Å². The Morgan fingerprint density at radius 3 is 2.33 bits per heavy atom. The molecule has 0 atom stereocenters. The molecule has 0 aromatic heterocycles. The Kier molecular flexibility index (Phi) is 10.9. The third-order valence-electron chi connectivity index (χ3n) is 6.00. The van der Waals surface area contributed by atoms with Crippen molar-refractivity contribution in [3.8, 4) is 17.2 Å². The molecule has 0 saturated carbocycles. The van der Waals surface area contributed by atoms with Crippen LogP contribution in [0.15, 0.2) is 99.4 Å². The molecular weight excluding hydrogens is 681 g/mol. The lowest BCUT2D eigenvalue weighted by Gasteiger charge is -2.23. The number of carbonyl (C=O) groups is 1. The van der Waals surface area contributed by atoms with Gasteiger partial charge in [-0.05, 0) is 87.7 Å². The second kappa shape index (κ2) is 14.6. The Balaban J connectivity index is 1.48. The summed E-state index contributed by atoms with van der Waals surface area (Å²) in [4.78, 5) is 12.9. The molecule has 0 aliphatic carbocycles. The van der Waals surface area contributed by atoms with Gasteiger partial charge in [-0.1, -0.05) is 47.5 Å². The maximum atomic E-state index is 13.5. The zero-order chi connectivity index (χ0) is 31.0. The summed E-state index contributed by atoms with van der Waals surface area (Å²) in [7, 11) is -1.06. The topological polar surface area (TPSA) is 107 Å². The maximum absolute atomic E-state index is 13.5. The second-order valence-corrected chi connectivity index (χ2v) is 12.4. The van der Waals surface area contributed by atoms with Gasteiger partial charge < -0.3 is 14.2 Å². The molecule has 4 aromatic rings. The van der Waals surface area contributed by atoms with E-state index >= 15 is 0 Å². The minimum Gasteiger partial charge on any atom is -0.497 e. The number of methoxy groups -OCH3 is 2. The molecule has 43 heavy (non-hydrogen) atoms. The van der Waals surface area contributed by atoms with Gasteiger partial charge in [0.2, 0.25) is 0 Å². The van der Waals surface area contributed by atoms with E-state index in [-0.39, 0.29) is 17.2 Å². The molecule has 0 radical (unpaired) electrons. The van der Waals surface area contributed by atoms with Crippen LogP contribution >= 0.6 is 39.1 Å². The SMILES string of the molecule is COc1ccc(N(CC(=O)N/N=C\c2cc(Br)c(OCc3ccc(Cl)c(Cl)c3)c(OC)c2)S(=O)(=O)c2ccccc2)cc1. The van der Waals surface area contributed by atoms with Gasteiger partial charge in [0.15, 0.2) is 11.5 Å². The molecule has 0 bridgehead atoms. The van der Waals surface area contributed by atoms with Crippen molar-refractivity contribution in [2.75, 3.05) is 25.1 Å². The summed E-state index contributed by atoms with van der Waals surface area (Å²) in [5.41, 5.74) is 4.07. The first-order chi connectivity index (χ1) is 20.6. The van der Waals surface area contributed by atoms with Gasteiger partial charge in [0.25, 0.3) is 15.9 Å². The zero-order valence-electron chi connectivity index (χ0n) is 23.0. The molecule has 4 rings (SSSR count). The third-order valence-corrected chi connectivity index (χ3v) is 9.12. The number of benzene rings is 4. The van der Waals surface area contributed by atoms with Crippen molar-refractivity contribution in [3.05, 3.63) is 111 Å². The number of sulfonamides is 1. The van der Waals surface area contributed by atoms with Gasteiger partial charge in [-0.15, -0.1) is 0 Å². The number of nitrogens with one attached hydrogen (secondary N) is 1. The highest BCUT2D eigenvalue weighted by molar-refractivity contribution is 9.10. The fraction of sp³-hybridized carbons (Fsp3) is 0.133. The third kappa shape index (κ3) is 8.20. The number of anilines is 1. The number of rotatable bonds is 12. The molecular formula is C30H26BrCl2N3O6S. The van der Waals surface area contributed by atoms with Gasteiger partial charge in [-0.25, -0.2) is 13.8 Å². The van der Waals surface area contributed by atoms with Gasteiger partial charge in [0.05, 0.1) is 45.5 Å². The number of nitrogens with zero attached hydrogens (tertiary/aromatic N) is 2. The number of hydrazone groups is 1. The van der Waals surface area contributed by atoms with Crippen LogP contribution in [0.2, 0.25) is 10.0 Å². The van der Waals surface area contributed by atoms with Crippen LogP contribution in [0.4, 0.5) is 5.69 Å². The molecule has 4 aromatic carbocycles. The number of hydrogen-bond acceptors (Lipinski definition) is 7. The van der Waals surface area contributed by atoms with Crippen molar-refractivity contribution < 1.29 is 27.4 Å². The molecule has 1 amide bonds. The fourth-order valence-electron chi connectivity index (χ4n) is 3.87. The molecule has 224 valence electrons. The van der Waals surface area contributed by atoms with Gasteiger partial charge in [0, 0.05) is 0 Å². The van der Waals surface area contributed by atoms with Crippen molar-refractivity contribution in [2.45, 2.75) is 11.5 Å². The quantitative estimate of drug-likeness (QED) is 0.130. The summed E-state index contributed by atoms with van der Waals surface area (Å²) in [6.07, 6.45) is 1.40. The smallest absolute Gasteiger partial charge is 0.264 e. The predicted octanol–water partition coefficient (Wildman–Crippen LogP) is 6.70. The Bertz CT molecular complexity index is 1720. The average Bonchev–Trinajstić information content (AvgIpc) is 3.01. The van der Waals surface area contributed by atoms with Crippen molar-refractivity contribution in [2.24, 2.45) is 5.10 Å². The second-order valence-electron chi connectivity index (χ2n) is 8.89. The molecule has 13 heteroatoms. The summed E-state index contributed by atoms with van der Waals surface area (Å²) in [6.45, 7) is -0.304. The van der Waals surface area contributed by atoms with Gasteiger partial charge >= 0.3 is 0 Å². The highest BCUT2D eigenvalue weighted by atomic mass is 79.9. The highest BCUT2D eigenvalue weighted by Gasteiger charge is 2.27. The highest BCUT2D eigenvalue weighted by Crippen LogP contribution is 2.37. The lowest BCUT2D eigenvalue weighted by molar-refractivity contribution is -0.119. The molecule has 9 nitrogen and oxygen atoms in total. The number of halogens is 3. The summed E-state index contributed by atoms with van der Waals surface area (Å²) < 4.78 is 45.1. The van der Waals surface area contributed by atoms with E-state index in [1.165, 1.54) is 32.6 Å². The van der Waals surface area contributed by atoms with E-state index in [0.29, 0.717) is 37.3 Å². The van der Waals surface area contributed by atoms with Gasteiger partial charge in [0.1, 0.15) is 18.9 Å². The zero-order valence-corrected chi connectivity index (χ0v) is 26.9. The van der Waals surface area contributed by atoms with Crippen molar-refractivity contribution >= 4 is 67.0 Å². The number of amides is 1. The van der Waals surface area contributed by atoms with E-state index in [2.05, 4.69) is 26.5 Å². The summed E-state index contributed by atoms with van der Waals surface area (Å²) in [5.74, 6) is 0.763. The Morgan fingerprint density at radius 2 is 1.67 bits per heavy atom. The normalized spacial score (nSPS) is 11.3. The Morgan fingerprint density at radius 1 is 0.953 bits per heavy atom. The molecule has 0 aliphatic rings. The summed E-state index contributed by atoms with van der Waals surface area (Å²) in [6, 6.07) is 22.8. The number of ether oxygens (including phenoxy) is 3. The van der Waals surface area contributed by atoms with E-state index in [1.807, 2.05) is 0 Å². The minimum absolute atomic E-state index is 0.0422. The first kappa shape index (κ1) is 32.2. The maximum Gasteiger partial charge on any atom is 0.264 e. The Hall–Kier alpha value is -3.77. The molecule has 0 fully saturated rings. The molecule has 0 aliphatic heterocycles. The molecule has 0 saturated heterocycles. The van der Waals surface area contributed by atoms with Crippen LogP contribution < -0.4 is 23.9 Å². The molecule has 0 spiro atoms. The van der Waals surface area contributed by atoms with Crippen LogP contribution in [-0.4, -0.2) is 41.3 Å². The number of hydrogen-bond donors (Lipinski definition) is 1. The van der Waals surface area contributed by atoms with Crippen molar-refractivity contribution in [1.29, 1.82) is 0 Å². The standard InChI is InChI=1S/C30H26BrCl2N3O6S/c1-40-23-11-9-22(10-12-23)36(43(38,39)24-6-4-3-5-7-24)18-29(37)35-34-17-21-14-25(31)30(28(16-21)41-2)42-19-20-8-13-26(32)27(33)15-20/h3-17H,18-19H2,1-2H3,(H,35,37)/b34-17-. The minimum atomic E-state index is -4.07. The Labute approximate surface area is 268 Å². The van der Waals surface area contributed by atoms with E-state index in [9.17, 15) is 13.2 Å². The molecule has 1 N–H and O–H groups in total. The lowest BCUT2D eigenvalue weighted by atomic mass is 10.2. The van der Waals surface area contributed by atoms with Crippen LogP contribution in [-0.2, 0) is 21.4 Å². The van der Waals surface area contributed by atoms with Crippen LogP contribution in [0.5, 0.6) is 17.2 Å².